The first-order valence-corrected chi connectivity index (χ1v) is 9.58. The molecule has 1 aromatic rings. The van der Waals surface area contributed by atoms with Gasteiger partial charge in [-0.2, -0.15) is 0 Å². The Bertz CT molecular complexity index is 473. The summed E-state index contributed by atoms with van der Waals surface area (Å²) in [7, 11) is 0. The number of para-hydroxylation sites is 1. The number of carbonyl (C=O) groups excluding carboxylic acids is 1. The molecule has 0 bridgehead atoms. The molecule has 1 aromatic carbocycles. The lowest BCUT2D eigenvalue weighted by molar-refractivity contribution is -0.118. The highest BCUT2D eigenvalue weighted by Crippen LogP contribution is 2.29. The fourth-order valence-electron chi connectivity index (χ4n) is 3.54. The molecule has 4 heteroatoms. The van der Waals surface area contributed by atoms with Crippen molar-refractivity contribution in [3.8, 4) is 0 Å². The van der Waals surface area contributed by atoms with Crippen LogP contribution in [0.2, 0.25) is 0 Å². The first-order chi connectivity index (χ1) is 10.8. The number of nitrogens with one attached hydrogen (secondary N) is 1. The highest BCUT2D eigenvalue weighted by Gasteiger charge is 2.25. The molecule has 1 aliphatic carbocycles. The Labute approximate surface area is 137 Å². The summed E-state index contributed by atoms with van der Waals surface area (Å²) < 4.78 is 0. The third-order valence-electron chi connectivity index (χ3n) is 4.75. The van der Waals surface area contributed by atoms with Crippen molar-refractivity contribution in [1.82, 2.24) is 5.32 Å². The maximum absolute atomic E-state index is 12.0. The lowest BCUT2D eigenvalue weighted by Crippen LogP contribution is -2.40. The molecule has 120 valence electrons. The molecule has 1 saturated heterocycles. The molecular formula is C18H26N2OS. The molecular weight excluding hydrogens is 292 g/mol. The minimum atomic E-state index is 0.205. The van der Waals surface area contributed by atoms with E-state index < -0.39 is 0 Å². The van der Waals surface area contributed by atoms with Crippen LogP contribution >= 0.6 is 11.8 Å². The zero-order valence-corrected chi connectivity index (χ0v) is 14.0. The Hall–Kier alpha value is -1.16. The normalized spacial score (nSPS) is 22.2. The number of amides is 1. The quantitative estimate of drug-likeness (QED) is 0.872. The predicted molar refractivity (Wildman–Crippen MR) is 94.5 cm³/mol. The maximum Gasteiger partial charge on any atom is 0.230 e. The molecule has 1 heterocycles. The van der Waals surface area contributed by atoms with E-state index in [0.717, 1.165) is 18.3 Å². The average Bonchev–Trinajstić information content (AvgIpc) is 3.23. The van der Waals surface area contributed by atoms with E-state index in [-0.39, 0.29) is 5.91 Å². The van der Waals surface area contributed by atoms with Crippen LogP contribution in [0.3, 0.4) is 0 Å². The Kier molecular flexibility index (Phi) is 5.65. The van der Waals surface area contributed by atoms with Gasteiger partial charge in [-0.05, 0) is 37.8 Å². The molecule has 1 aliphatic heterocycles. The van der Waals surface area contributed by atoms with E-state index in [1.54, 1.807) is 0 Å². The summed E-state index contributed by atoms with van der Waals surface area (Å²) >= 11 is 1.85. The summed E-state index contributed by atoms with van der Waals surface area (Å²) in [4.78, 5) is 14.5. The van der Waals surface area contributed by atoms with E-state index in [1.165, 1.54) is 44.2 Å². The van der Waals surface area contributed by atoms with E-state index in [2.05, 4.69) is 40.5 Å². The molecule has 0 radical (unpaired) electrons. The van der Waals surface area contributed by atoms with Gasteiger partial charge in [-0.25, -0.2) is 0 Å². The fraction of sp³-hybridized carbons (Fsp3) is 0.611. The van der Waals surface area contributed by atoms with Crippen molar-refractivity contribution in [2.45, 2.75) is 49.8 Å². The van der Waals surface area contributed by atoms with Gasteiger partial charge in [0.2, 0.25) is 5.91 Å². The van der Waals surface area contributed by atoms with Crippen LogP contribution in [0.5, 0.6) is 0 Å². The second kappa shape index (κ2) is 7.91. The summed E-state index contributed by atoms with van der Waals surface area (Å²) in [5.74, 6) is 0.833. The van der Waals surface area contributed by atoms with Crippen molar-refractivity contribution in [2.24, 2.45) is 0 Å². The van der Waals surface area contributed by atoms with Gasteiger partial charge in [0.1, 0.15) is 0 Å². The summed E-state index contributed by atoms with van der Waals surface area (Å²) in [6, 6.07) is 11.0. The molecule has 0 aromatic heterocycles. The molecule has 3 rings (SSSR count). The number of hydrogen-bond acceptors (Lipinski definition) is 3. The SMILES string of the molecule is O=C(CSC1CCCC1)NCC1CCCN1c1ccccc1. The van der Waals surface area contributed by atoms with E-state index in [4.69, 9.17) is 0 Å². The standard InChI is InChI=1S/C18H26N2OS/c21-18(14-22-17-10-4-5-11-17)19-13-16-9-6-12-20(16)15-7-2-1-3-8-15/h1-3,7-8,16-17H,4-6,9-14H2,(H,19,21). The van der Waals surface area contributed by atoms with Crippen molar-refractivity contribution in [1.29, 1.82) is 0 Å². The molecule has 1 N–H and O–H groups in total. The molecule has 3 nitrogen and oxygen atoms in total. The van der Waals surface area contributed by atoms with Gasteiger partial charge in [0.05, 0.1) is 5.75 Å². The third-order valence-corrected chi connectivity index (χ3v) is 6.12. The fourth-order valence-corrected chi connectivity index (χ4v) is 4.69. The van der Waals surface area contributed by atoms with Gasteiger partial charge >= 0.3 is 0 Å². The summed E-state index contributed by atoms with van der Waals surface area (Å²) in [6.45, 7) is 1.88. The Morgan fingerprint density at radius 2 is 1.91 bits per heavy atom. The van der Waals surface area contributed by atoms with Crippen molar-refractivity contribution in [3.63, 3.8) is 0 Å². The molecule has 22 heavy (non-hydrogen) atoms. The minimum Gasteiger partial charge on any atom is -0.367 e. The van der Waals surface area contributed by atoms with Crippen LogP contribution in [0, 0.1) is 0 Å². The smallest absolute Gasteiger partial charge is 0.230 e. The number of hydrogen-bond donors (Lipinski definition) is 1. The zero-order valence-electron chi connectivity index (χ0n) is 13.2. The number of carbonyl (C=O) groups is 1. The Morgan fingerprint density at radius 3 is 2.68 bits per heavy atom. The molecule has 1 atom stereocenters. The molecule has 2 aliphatic rings. The largest absolute Gasteiger partial charge is 0.367 e. The first kappa shape index (κ1) is 15.7. The van der Waals surface area contributed by atoms with Crippen LogP contribution in [-0.2, 0) is 4.79 Å². The zero-order chi connectivity index (χ0) is 15.2. The van der Waals surface area contributed by atoms with Crippen LogP contribution in [0.4, 0.5) is 5.69 Å². The van der Waals surface area contributed by atoms with Crippen LogP contribution in [0.1, 0.15) is 38.5 Å². The molecule has 0 spiro atoms. The number of nitrogens with zero attached hydrogens (tertiary/aromatic N) is 1. The van der Waals surface area contributed by atoms with Crippen molar-refractivity contribution in [2.75, 3.05) is 23.7 Å². The minimum absolute atomic E-state index is 0.205. The van der Waals surface area contributed by atoms with E-state index >= 15 is 0 Å². The predicted octanol–water partition coefficient (Wildman–Crippen LogP) is 3.45. The number of anilines is 1. The van der Waals surface area contributed by atoms with Gasteiger partial charge in [0.15, 0.2) is 0 Å². The van der Waals surface area contributed by atoms with Gasteiger partial charge in [-0.15, -0.1) is 11.8 Å². The Morgan fingerprint density at radius 1 is 1.14 bits per heavy atom. The number of thioether (sulfide) groups is 1. The van der Waals surface area contributed by atoms with E-state index in [9.17, 15) is 4.79 Å². The molecule has 1 saturated carbocycles. The second-order valence-electron chi connectivity index (χ2n) is 6.35. The van der Waals surface area contributed by atoms with Crippen LogP contribution < -0.4 is 10.2 Å². The molecule has 1 unspecified atom stereocenters. The van der Waals surface area contributed by atoms with Gasteiger partial charge in [0, 0.05) is 30.1 Å². The summed E-state index contributed by atoms with van der Waals surface area (Å²) in [5, 5.41) is 3.87. The average molecular weight is 318 g/mol. The monoisotopic (exact) mass is 318 g/mol. The topological polar surface area (TPSA) is 32.3 Å². The lowest BCUT2D eigenvalue weighted by Gasteiger charge is -2.27. The van der Waals surface area contributed by atoms with Crippen molar-refractivity contribution < 1.29 is 4.79 Å². The van der Waals surface area contributed by atoms with Crippen LogP contribution in [0.15, 0.2) is 30.3 Å². The Balaban J connectivity index is 1.43. The van der Waals surface area contributed by atoms with Gasteiger partial charge < -0.3 is 10.2 Å². The highest BCUT2D eigenvalue weighted by atomic mass is 32.2. The third kappa shape index (κ3) is 4.19. The molecule has 1 amide bonds. The van der Waals surface area contributed by atoms with Gasteiger partial charge in [-0.3, -0.25) is 4.79 Å². The number of benzene rings is 1. The summed E-state index contributed by atoms with van der Waals surface area (Å²) in [5.41, 5.74) is 1.28. The van der Waals surface area contributed by atoms with Gasteiger partial charge in [0.25, 0.3) is 0 Å². The number of rotatable bonds is 6. The first-order valence-electron chi connectivity index (χ1n) is 8.53. The summed E-state index contributed by atoms with van der Waals surface area (Å²) in [6.07, 6.45) is 7.66. The highest BCUT2D eigenvalue weighted by molar-refractivity contribution is 8.00. The van der Waals surface area contributed by atoms with Crippen LogP contribution in [0.25, 0.3) is 0 Å². The second-order valence-corrected chi connectivity index (χ2v) is 7.64. The van der Waals surface area contributed by atoms with Gasteiger partial charge in [-0.1, -0.05) is 31.0 Å². The van der Waals surface area contributed by atoms with Crippen molar-refractivity contribution >= 4 is 23.4 Å². The van der Waals surface area contributed by atoms with Crippen molar-refractivity contribution in [3.05, 3.63) is 30.3 Å². The van der Waals surface area contributed by atoms with E-state index in [0.29, 0.717) is 11.8 Å². The van der Waals surface area contributed by atoms with Crippen LogP contribution in [-0.4, -0.2) is 36.0 Å². The lowest BCUT2D eigenvalue weighted by atomic mass is 10.2. The maximum atomic E-state index is 12.0. The molecule has 2 fully saturated rings. The van der Waals surface area contributed by atoms with E-state index in [1.807, 2.05) is 11.8 Å².